The van der Waals surface area contributed by atoms with E-state index in [1.54, 1.807) is 12.5 Å². The molecule has 0 amide bonds. The van der Waals surface area contributed by atoms with Crippen LogP contribution in [0.2, 0.25) is 0 Å². The van der Waals surface area contributed by atoms with E-state index in [4.69, 9.17) is 9.72 Å². The molecule has 0 fully saturated rings. The fourth-order valence-corrected chi connectivity index (χ4v) is 4.89. The molecule has 1 N–H and O–H groups in total. The van der Waals surface area contributed by atoms with Crippen LogP contribution in [0.1, 0.15) is 27.9 Å². The minimum absolute atomic E-state index is 0.609. The molecular formula is C31H29N5O. The average Bonchev–Trinajstić information content (AvgIpc) is 3.38. The first-order chi connectivity index (χ1) is 18.1. The lowest BCUT2D eigenvalue weighted by Gasteiger charge is -2.24. The number of aromatic nitrogens is 4. The van der Waals surface area contributed by atoms with Crippen molar-refractivity contribution < 1.29 is 4.74 Å². The Labute approximate surface area is 217 Å². The smallest absolute Gasteiger partial charge is 0.136 e. The van der Waals surface area contributed by atoms with Crippen LogP contribution in [0, 0.1) is 13.8 Å². The Morgan fingerprint density at radius 3 is 2.43 bits per heavy atom. The van der Waals surface area contributed by atoms with Gasteiger partial charge in [0, 0.05) is 36.0 Å². The van der Waals surface area contributed by atoms with Gasteiger partial charge in [0.1, 0.15) is 24.5 Å². The number of nitrogens with one attached hydrogen (secondary N) is 1. The molecule has 2 aromatic heterocycles. The topological polar surface area (TPSA) is 66.9 Å². The van der Waals surface area contributed by atoms with Gasteiger partial charge in [0.25, 0.3) is 0 Å². The molecule has 3 aromatic carbocycles. The van der Waals surface area contributed by atoms with E-state index in [0.29, 0.717) is 6.61 Å². The van der Waals surface area contributed by atoms with E-state index in [1.165, 1.54) is 27.8 Å². The molecule has 5 aromatic rings. The SMILES string of the molecule is Cc1ccc(Cc2c(C)ncnc2N2CCOc3ccc(-c4ccc(-c5ccn[nH]5)cc4)cc3C2)cc1. The molecule has 0 bridgehead atoms. The number of rotatable bonds is 5. The van der Waals surface area contributed by atoms with Crippen LogP contribution in [0.4, 0.5) is 5.82 Å². The molecule has 6 heteroatoms. The summed E-state index contributed by atoms with van der Waals surface area (Å²) < 4.78 is 6.16. The summed E-state index contributed by atoms with van der Waals surface area (Å²) in [7, 11) is 0. The van der Waals surface area contributed by atoms with Crippen molar-refractivity contribution in [2.24, 2.45) is 0 Å². The van der Waals surface area contributed by atoms with Gasteiger partial charge in [0.05, 0.1) is 12.2 Å². The van der Waals surface area contributed by atoms with E-state index in [-0.39, 0.29) is 0 Å². The third-order valence-corrected chi connectivity index (χ3v) is 7.01. The van der Waals surface area contributed by atoms with E-state index in [0.717, 1.165) is 53.6 Å². The van der Waals surface area contributed by atoms with Gasteiger partial charge < -0.3 is 9.64 Å². The fraction of sp³-hybridized carbons (Fsp3) is 0.194. The fourth-order valence-electron chi connectivity index (χ4n) is 4.89. The van der Waals surface area contributed by atoms with E-state index in [9.17, 15) is 0 Å². The second-order valence-corrected chi connectivity index (χ2v) is 9.56. The molecule has 6 nitrogen and oxygen atoms in total. The molecule has 0 radical (unpaired) electrons. The predicted molar refractivity (Wildman–Crippen MR) is 147 cm³/mol. The zero-order valence-corrected chi connectivity index (χ0v) is 21.1. The highest BCUT2D eigenvalue weighted by molar-refractivity contribution is 5.70. The van der Waals surface area contributed by atoms with Gasteiger partial charge in [-0.15, -0.1) is 0 Å². The zero-order valence-electron chi connectivity index (χ0n) is 21.1. The largest absolute Gasteiger partial charge is 0.491 e. The molecule has 6 rings (SSSR count). The van der Waals surface area contributed by atoms with Crippen LogP contribution in [-0.2, 0) is 13.0 Å². The van der Waals surface area contributed by atoms with Crippen LogP contribution in [-0.4, -0.2) is 33.3 Å². The van der Waals surface area contributed by atoms with Gasteiger partial charge in [-0.2, -0.15) is 5.10 Å². The second-order valence-electron chi connectivity index (χ2n) is 9.56. The van der Waals surface area contributed by atoms with E-state index < -0.39 is 0 Å². The maximum absolute atomic E-state index is 6.16. The molecule has 0 unspecified atom stereocenters. The first kappa shape index (κ1) is 23.0. The van der Waals surface area contributed by atoms with Crippen molar-refractivity contribution >= 4 is 5.82 Å². The number of anilines is 1. The zero-order chi connectivity index (χ0) is 25.2. The summed E-state index contributed by atoms with van der Waals surface area (Å²) >= 11 is 0. The van der Waals surface area contributed by atoms with Crippen LogP contribution in [0.5, 0.6) is 5.75 Å². The second kappa shape index (κ2) is 9.90. The van der Waals surface area contributed by atoms with Crippen LogP contribution < -0.4 is 9.64 Å². The summed E-state index contributed by atoms with van der Waals surface area (Å²) in [5.74, 6) is 1.92. The number of hydrogen-bond donors (Lipinski definition) is 1. The molecule has 0 aliphatic carbocycles. The number of hydrogen-bond acceptors (Lipinski definition) is 5. The number of fused-ring (bicyclic) bond motifs is 1. The summed E-state index contributed by atoms with van der Waals surface area (Å²) in [6, 6.07) is 25.7. The normalized spacial score (nSPS) is 13.1. The molecule has 0 saturated heterocycles. The van der Waals surface area contributed by atoms with Gasteiger partial charge in [-0.25, -0.2) is 9.97 Å². The van der Waals surface area contributed by atoms with Gasteiger partial charge >= 0.3 is 0 Å². The van der Waals surface area contributed by atoms with Crippen molar-refractivity contribution in [2.75, 3.05) is 18.1 Å². The monoisotopic (exact) mass is 487 g/mol. The van der Waals surface area contributed by atoms with Gasteiger partial charge in [-0.05, 0) is 54.3 Å². The summed E-state index contributed by atoms with van der Waals surface area (Å²) in [6.07, 6.45) is 4.25. The Morgan fingerprint density at radius 2 is 1.65 bits per heavy atom. The number of aryl methyl sites for hydroxylation is 2. The first-order valence-corrected chi connectivity index (χ1v) is 12.6. The highest BCUT2D eigenvalue weighted by atomic mass is 16.5. The minimum Gasteiger partial charge on any atom is -0.491 e. The van der Waals surface area contributed by atoms with Gasteiger partial charge in [0.2, 0.25) is 0 Å². The van der Waals surface area contributed by atoms with Crippen LogP contribution >= 0.6 is 0 Å². The van der Waals surface area contributed by atoms with E-state index >= 15 is 0 Å². The maximum Gasteiger partial charge on any atom is 0.136 e. The van der Waals surface area contributed by atoms with Crippen molar-refractivity contribution in [3.05, 3.63) is 113 Å². The Kier molecular flexibility index (Phi) is 6.15. The lowest BCUT2D eigenvalue weighted by atomic mass is 10.00. The molecule has 0 atom stereocenters. The molecular weight excluding hydrogens is 458 g/mol. The molecule has 184 valence electrons. The van der Waals surface area contributed by atoms with Gasteiger partial charge in [-0.3, -0.25) is 5.10 Å². The summed E-state index contributed by atoms with van der Waals surface area (Å²) in [5, 5.41) is 7.08. The van der Waals surface area contributed by atoms with Crippen molar-refractivity contribution in [3.8, 4) is 28.1 Å². The van der Waals surface area contributed by atoms with E-state index in [2.05, 4.69) is 101 Å². The Bertz CT molecular complexity index is 1510. The number of aromatic amines is 1. The van der Waals surface area contributed by atoms with Gasteiger partial charge in [-0.1, -0.05) is 60.2 Å². The standard InChI is InChI=1S/C31H29N5O/c1-21-3-5-23(6-4-21)17-28-22(2)32-20-33-31(28)36-15-16-37-30-12-11-26(18-27(30)19-36)24-7-9-25(10-8-24)29-13-14-34-35-29/h3-14,18,20H,15-17,19H2,1-2H3,(H,34,35). The average molecular weight is 488 g/mol. The third kappa shape index (κ3) is 4.83. The van der Waals surface area contributed by atoms with Crippen molar-refractivity contribution in [3.63, 3.8) is 0 Å². The summed E-state index contributed by atoms with van der Waals surface area (Å²) in [5.41, 5.74) is 10.3. The Hall–Kier alpha value is -4.45. The van der Waals surface area contributed by atoms with Crippen LogP contribution in [0.3, 0.4) is 0 Å². The predicted octanol–water partition coefficient (Wildman–Crippen LogP) is 6.14. The van der Waals surface area contributed by atoms with Crippen molar-refractivity contribution in [2.45, 2.75) is 26.8 Å². The number of H-pyrrole nitrogens is 1. The minimum atomic E-state index is 0.609. The molecule has 37 heavy (non-hydrogen) atoms. The van der Waals surface area contributed by atoms with E-state index in [1.807, 2.05) is 6.07 Å². The third-order valence-electron chi connectivity index (χ3n) is 7.01. The maximum atomic E-state index is 6.16. The Balaban J connectivity index is 1.30. The molecule has 1 aliphatic heterocycles. The lowest BCUT2D eigenvalue weighted by Crippen LogP contribution is -2.28. The first-order valence-electron chi connectivity index (χ1n) is 12.6. The highest BCUT2D eigenvalue weighted by Crippen LogP contribution is 2.33. The molecule has 1 aliphatic rings. The lowest BCUT2D eigenvalue weighted by molar-refractivity contribution is 0.331. The number of ether oxygens (including phenoxy) is 1. The molecule has 0 spiro atoms. The summed E-state index contributed by atoms with van der Waals surface area (Å²) in [4.78, 5) is 11.6. The summed E-state index contributed by atoms with van der Waals surface area (Å²) in [6.45, 7) is 6.29. The van der Waals surface area contributed by atoms with Crippen molar-refractivity contribution in [1.29, 1.82) is 0 Å². The van der Waals surface area contributed by atoms with Crippen LogP contribution in [0.15, 0.2) is 85.3 Å². The quantitative estimate of drug-likeness (QED) is 0.323. The highest BCUT2D eigenvalue weighted by Gasteiger charge is 2.21. The molecule has 0 saturated carbocycles. The van der Waals surface area contributed by atoms with Gasteiger partial charge in [0.15, 0.2) is 0 Å². The van der Waals surface area contributed by atoms with Crippen LogP contribution in [0.25, 0.3) is 22.4 Å². The molecule has 3 heterocycles. The number of nitrogens with zero attached hydrogens (tertiary/aromatic N) is 4. The number of benzene rings is 3. The van der Waals surface area contributed by atoms with Crippen molar-refractivity contribution in [1.82, 2.24) is 20.2 Å². The Morgan fingerprint density at radius 1 is 0.865 bits per heavy atom.